The quantitative estimate of drug-likeness (QED) is 0.756. The lowest BCUT2D eigenvalue weighted by atomic mass is 10.1. The van der Waals surface area contributed by atoms with E-state index in [1.54, 1.807) is 24.0 Å². The van der Waals surface area contributed by atoms with E-state index >= 15 is 0 Å². The molecule has 1 aliphatic heterocycles. The maximum atomic E-state index is 12.7. The molecule has 8 heteroatoms. The van der Waals surface area contributed by atoms with Gasteiger partial charge in [-0.2, -0.15) is 0 Å². The van der Waals surface area contributed by atoms with Crippen LogP contribution in [0.1, 0.15) is 23.1 Å². The number of likely N-dealkylation sites (tertiary alicyclic amines) is 1. The van der Waals surface area contributed by atoms with Gasteiger partial charge in [-0.3, -0.25) is 9.59 Å². The molecule has 154 valence electrons. The van der Waals surface area contributed by atoms with E-state index in [1.807, 2.05) is 31.2 Å². The lowest BCUT2D eigenvalue weighted by Gasteiger charge is -2.17. The first kappa shape index (κ1) is 21.0. The molecule has 0 radical (unpaired) electrons. The van der Waals surface area contributed by atoms with Crippen LogP contribution in [-0.2, 0) is 26.2 Å². The van der Waals surface area contributed by atoms with Crippen molar-refractivity contribution in [3.05, 3.63) is 59.2 Å². The van der Waals surface area contributed by atoms with Gasteiger partial charge in [0.2, 0.25) is 21.8 Å². The number of carbonyl (C=O) groups excluding carboxylic acids is 2. The fourth-order valence-corrected chi connectivity index (χ4v) is 4.33. The summed E-state index contributed by atoms with van der Waals surface area (Å²) in [6, 6.07) is 12.7. The predicted molar refractivity (Wildman–Crippen MR) is 111 cm³/mol. The predicted octanol–water partition coefficient (Wildman–Crippen LogP) is 2.20. The number of carbonyl (C=O) groups is 2. The zero-order chi connectivity index (χ0) is 21.2. The van der Waals surface area contributed by atoms with E-state index in [0.29, 0.717) is 24.3 Å². The van der Waals surface area contributed by atoms with Gasteiger partial charge in [-0.15, -0.1) is 0 Å². The topological polar surface area (TPSA) is 95.6 Å². The number of amides is 2. The maximum absolute atomic E-state index is 12.7. The molecule has 1 heterocycles. The molecule has 29 heavy (non-hydrogen) atoms. The van der Waals surface area contributed by atoms with Crippen LogP contribution in [0.4, 0.5) is 5.69 Å². The van der Waals surface area contributed by atoms with E-state index < -0.39 is 15.9 Å². The van der Waals surface area contributed by atoms with Crippen molar-refractivity contribution in [3.63, 3.8) is 0 Å². The molecular formula is C21H25N3O4S. The molecule has 1 unspecified atom stereocenters. The highest BCUT2D eigenvalue weighted by atomic mass is 32.2. The number of aryl methyl sites for hydroxylation is 2. The third-order valence-electron chi connectivity index (χ3n) is 5.09. The van der Waals surface area contributed by atoms with Crippen molar-refractivity contribution >= 4 is 27.5 Å². The number of nitrogens with one attached hydrogen (secondary N) is 2. The first-order valence-electron chi connectivity index (χ1n) is 9.38. The van der Waals surface area contributed by atoms with Crippen LogP contribution in [-0.4, -0.2) is 38.7 Å². The number of nitrogens with zero attached hydrogens (tertiary/aromatic N) is 1. The monoisotopic (exact) mass is 415 g/mol. The molecule has 0 aliphatic carbocycles. The van der Waals surface area contributed by atoms with Crippen LogP contribution in [0.25, 0.3) is 0 Å². The molecule has 2 N–H and O–H groups in total. The molecule has 7 nitrogen and oxygen atoms in total. The summed E-state index contributed by atoms with van der Waals surface area (Å²) in [6.45, 7) is 4.50. The van der Waals surface area contributed by atoms with Crippen LogP contribution in [0.15, 0.2) is 47.4 Å². The number of benzene rings is 2. The second kappa shape index (κ2) is 8.34. The smallest absolute Gasteiger partial charge is 0.240 e. The van der Waals surface area contributed by atoms with Crippen molar-refractivity contribution in [2.24, 2.45) is 5.92 Å². The van der Waals surface area contributed by atoms with Crippen LogP contribution >= 0.6 is 0 Å². The van der Waals surface area contributed by atoms with Gasteiger partial charge in [0.15, 0.2) is 0 Å². The van der Waals surface area contributed by atoms with E-state index in [0.717, 1.165) is 11.1 Å². The second-order valence-electron chi connectivity index (χ2n) is 7.34. The van der Waals surface area contributed by atoms with Gasteiger partial charge in [0.05, 0.1) is 10.8 Å². The lowest BCUT2D eigenvalue weighted by molar-refractivity contribution is -0.128. The van der Waals surface area contributed by atoms with Gasteiger partial charge >= 0.3 is 0 Å². The molecule has 0 aromatic heterocycles. The summed E-state index contributed by atoms with van der Waals surface area (Å²) in [6.07, 6.45) is 0.144. The highest BCUT2D eigenvalue weighted by molar-refractivity contribution is 7.89. The Kier molecular flexibility index (Phi) is 6.04. The first-order chi connectivity index (χ1) is 13.7. The average molecular weight is 416 g/mol. The van der Waals surface area contributed by atoms with Crippen molar-refractivity contribution in [2.45, 2.75) is 31.7 Å². The summed E-state index contributed by atoms with van der Waals surface area (Å²) < 4.78 is 26.5. The highest BCUT2D eigenvalue weighted by Crippen LogP contribution is 2.24. The minimum absolute atomic E-state index is 0.0620. The third kappa shape index (κ3) is 4.83. The Hall–Kier alpha value is -2.71. The van der Waals surface area contributed by atoms with Gasteiger partial charge in [0.25, 0.3) is 0 Å². The van der Waals surface area contributed by atoms with Gasteiger partial charge in [-0.05, 0) is 44.2 Å². The molecule has 1 saturated heterocycles. The highest BCUT2D eigenvalue weighted by Gasteiger charge is 2.34. The van der Waals surface area contributed by atoms with Crippen LogP contribution in [0.3, 0.4) is 0 Å². The van der Waals surface area contributed by atoms with Gasteiger partial charge in [0.1, 0.15) is 0 Å². The standard InChI is InChI=1S/C21H25N3O4S/c1-14-4-7-16(8-5-14)12-24-13-17(10-20(24)25)21(26)23-18-9-6-15(2)19(11-18)29(27,28)22-3/h4-9,11,17,22H,10,12-13H2,1-3H3,(H,23,26). The minimum atomic E-state index is -3.63. The minimum Gasteiger partial charge on any atom is -0.338 e. The second-order valence-corrected chi connectivity index (χ2v) is 9.19. The van der Waals surface area contributed by atoms with Crippen molar-refractivity contribution in [2.75, 3.05) is 18.9 Å². The summed E-state index contributed by atoms with van der Waals surface area (Å²) in [4.78, 5) is 26.8. The zero-order valence-corrected chi connectivity index (χ0v) is 17.5. The van der Waals surface area contributed by atoms with Gasteiger partial charge in [-0.1, -0.05) is 35.9 Å². The van der Waals surface area contributed by atoms with E-state index in [4.69, 9.17) is 0 Å². The average Bonchev–Trinajstić information content (AvgIpc) is 3.05. The number of rotatable bonds is 6. The molecule has 2 aromatic rings. The fraction of sp³-hybridized carbons (Fsp3) is 0.333. The van der Waals surface area contributed by atoms with Crippen molar-refractivity contribution in [1.82, 2.24) is 9.62 Å². The summed E-state index contributed by atoms with van der Waals surface area (Å²) in [5, 5.41) is 2.75. The molecule has 0 saturated carbocycles. The Morgan fingerprint density at radius 2 is 1.83 bits per heavy atom. The van der Waals surface area contributed by atoms with Crippen LogP contribution in [0.5, 0.6) is 0 Å². The lowest BCUT2D eigenvalue weighted by Crippen LogP contribution is -2.28. The van der Waals surface area contributed by atoms with Crippen molar-refractivity contribution in [3.8, 4) is 0 Å². The Labute approximate surface area is 171 Å². The van der Waals surface area contributed by atoms with Crippen LogP contribution in [0, 0.1) is 19.8 Å². The molecule has 0 bridgehead atoms. The summed E-state index contributed by atoms with van der Waals surface area (Å²) in [5.74, 6) is -0.826. The van der Waals surface area contributed by atoms with Crippen molar-refractivity contribution < 1.29 is 18.0 Å². The molecule has 3 rings (SSSR count). The summed E-state index contributed by atoms with van der Waals surface area (Å²) in [5.41, 5.74) is 3.14. The SMILES string of the molecule is CNS(=O)(=O)c1cc(NC(=O)C2CC(=O)N(Cc3ccc(C)cc3)C2)ccc1C. The van der Waals surface area contributed by atoms with Crippen molar-refractivity contribution in [1.29, 1.82) is 0 Å². The molecule has 1 fully saturated rings. The Bertz CT molecular complexity index is 1030. The molecular weight excluding hydrogens is 390 g/mol. The molecule has 0 spiro atoms. The Morgan fingerprint density at radius 3 is 2.48 bits per heavy atom. The van der Waals surface area contributed by atoms with E-state index in [9.17, 15) is 18.0 Å². The summed E-state index contributed by atoms with van der Waals surface area (Å²) >= 11 is 0. The zero-order valence-electron chi connectivity index (χ0n) is 16.7. The van der Waals surface area contributed by atoms with E-state index in [-0.39, 0.29) is 23.1 Å². The first-order valence-corrected chi connectivity index (χ1v) is 10.9. The van der Waals surface area contributed by atoms with Gasteiger partial charge in [-0.25, -0.2) is 13.1 Å². The van der Waals surface area contributed by atoms with Crippen LogP contribution < -0.4 is 10.0 Å². The number of anilines is 1. The molecule has 1 aliphatic rings. The number of hydrogen-bond donors (Lipinski definition) is 2. The number of hydrogen-bond acceptors (Lipinski definition) is 4. The van der Waals surface area contributed by atoms with Gasteiger partial charge < -0.3 is 10.2 Å². The van der Waals surface area contributed by atoms with E-state index in [2.05, 4.69) is 10.0 Å². The molecule has 1 atom stereocenters. The third-order valence-corrected chi connectivity index (χ3v) is 6.65. The maximum Gasteiger partial charge on any atom is 0.240 e. The molecule has 2 aromatic carbocycles. The van der Waals surface area contributed by atoms with Crippen LogP contribution in [0.2, 0.25) is 0 Å². The largest absolute Gasteiger partial charge is 0.338 e. The fourth-order valence-electron chi connectivity index (χ4n) is 3.34. The Balaban J connectivity index is 1.68. The normalized spacial score (nSPS) is 16.9. The van der Waals surface area contributed by atoms with Gasteiger partial charge in [0, 0.05) is 25.2 Å². The Morgan fingerprint density at radius 1 is 1.14 bits per heavy atom. The number of sulfonamides is 1. The molecule has 2 amide bonds. The summed E-state index contributed by atoms with van der Waals surface area (Å²) in [7, 11) is -2.29. The van der Waals surface area contributed by atoms with E-state index in [1.165, 1.54) is 13.1 Å².